The first-order chi connectivity index (χ1) is 8.44. The van der Waals surface area contributed by atoms with Crippen LogP contribution >= 0.6 is 0 Å². The van der Waals surface area contributed by atoms with Crippen LogP contribution in [0.2, 0.25) is 0 Å². The Morgan fingerprint density at radius 1 is 1.22 bits per heavy atom. The number of benzene rings is 1. The lowest BCUT2D eigenvalue weighted by atomic mass is 10.1. The number of nitrogens with one attached hydrogen (secondary N) is 2. The number of carbonyl (C=O) groups is 1. The summed E-state index contributed by atoms with van der Waals surface area (Å²) in [5.41, 5.74) is 3.76. The predicted octanol–water partition coefficient (Wildman–Crippen LogP) is 2.50. The molecule has 0 aromatic heterocycles. The Morgan fingerprint density at radius 3 is 2.67 bits per heavy atom. The van der Waals surface area contributed by atoms with Crippen LogP contribution in [0.4, 0.5) is 5.69 Å². The highest BCUT2D eigenvalue weighted by molar-refractivity contribution is 5.81. The fourth-order valence-electron chi connectivity index (χ4n) is 2.33. The molecule has 3 nitrogen and oxygen atoms in total. The third-order valence-electron chi connectivity index (χ3n) is 3.07. The Balaban J connectivity index is 1.89. The van der Waals surface area contributed by atoms with Gasteiger partial charge in [-0.3, -0.25) is 4.79 Å². The number of carbonyl (C=O) groups excluding carboxylic acids is 1. The predicted molar refractivity (Wildman–Crippen MR) is 74.9 cm³/mol. The van der Waals surface area contributed by atoms with Crippen LogP contribution in [0.25, 0.3) is 0 Å². The smallest absolute Gasteiger partial charge is 0.239 e. The van der Waals surface area contributed by atoms with Gasteiger partial charge in [-0.25, -0.2) is 0 Å². The lowest BCUT2D eigenvalue weighted by Crippen LogP contribution is -2.43. The van der Waals surface area contributed by atoms with E-state index in [1.807, 2.05) is 20.8 Å². The van der Waals surface area contributed by atoms with Crippen molar-refractivity contribution in [3.05, 3.63) is 29.3 Å². The first kappa shape index (κ1) is 12.9. The van der Waals surface area contributed by atoms with E-state index in [1.54, 1.807) is 0 Å². The van der Waals surface area contributed by atoms with Crippen LogP contribution in [-0.2, 0) is 17.6 Å². The monoisotopic (exact) mass is 246 g/mol. The zero-order valence-electron chi connectivity index (χ0n) is 11.5. The van der Waals surface area contributed by atoms with E-state index in [4.69, 9.17) is 0 Å². The van der Waals surface area contributed by atoms with Gasteiger partial charge in [-0.15, -0.1) is 0 Å². The highest BCUT2D eigenvalue weighted by Gasteiger charge is 2.14. The summed E-state index contributed by atoms with van der Waals surface area (Å²) < 4.78 is 0. The molecule has 2 N–H and O–H groups in total. The number of hydrogen-bond acceptors (Lipinski definition) is 2. The van der Waals surface area contributed by atoms with Crippen LogP contribution in [0.3, 0.4) is 0 Å². The van der Waals surface area contributed by atoms with Crippen LogP contribution in [0.15, 0.2) is 18.2 Å². The summed E-state index contributed by atoms with van der Waals surface area (Å²) in [6.45, 7) is 6.29. The molecule has 0 saturated carbocycles. The Hall–Kier alpha value is -1.51. The molecule has 1 aliphatic rings. The maximum absolute atomic E-state index is 11.7. The molecule has 98 valence electrons. The second-order valence-electron chi connectivity index (χ2n) is 5.99. The summed E-state index contributed by atoms with van der Waals surface area (Å²) in [7, 11) is 0. The third kappa shape index (κ3) is 3.49. The zero-order chi connectivity index (χ0) is 13.2. The van der Waals surface area contributed by atoms with Gasteiger partial charge in [0.2, 0.25) is 5.91 Å². The lowest BCUT2D eigenvalue weighted by Gasteiger charge is -2.20. The van der Waals surface area contributed by atoms with Gasteiger partial charge in [0.15, 0.2) is 0 Å². The fourth-order valence-corrected chi connectivity index (χ4v) is 2.33. The molecule has 1 aliphatic carbocycles. The number of rotatable bonds is 3. The lowest BCUT2D eigenvalue weighted by molar-refractivity contribution is -0.120. The van der Waals surface area contributed by atoms with Gasteiger partial charge in [0.05, 0.1) is 6.54 Å². The number of hydrogen-bond donors (Lipinski definition) is 2. The molecule has 1 aromatic carbocycles. The van der Waals surface area contributed by atoms with Gasteiger partial charge in [-0.1, -0.05) is 6.07 Å². The first-order valence-corrected chi connectivity index (χ1v) is 6.61. The van der Waals surface area contributed by atoms with Crippen molar-refractivity contribution in [1.29, 1.82) is 0 Å². The zero-order valence-corrected chi connectivity index (χ0v) is 11.5. The van der Waals surface area contributed by atoms with Crippen LogP contribution in [0.5, 0.6) is 0 Å². The molecule has 0 atom stereocenters. The maximum Gasteiger partial charge on any atom is 0.239 e. The van der Waals surface area contributed by atoms with Crippen molar-refractivity contribution < 1.29 is 4.79 Å². The normalized spacial score (nSPS) is 14.2. The topological polar surface area (TPSA) is 41.1 Å². The van der Waals surface area contributed by atoms with E-state index in [2.05, 4.69) is 28.8 Å². The van der Waals surface area contributed by atoms with E-state index in [0.717, 1.165) is 5.69 Å². The number of fused-ring (bicyclic) bond motifs is 1. The molecule has 1 aromatic rings. The van der Waals surface area contributed by atoms with Crippen LogP contribution in [0, 0.1) is 0 Å². The van der Waals surface area contributed by atoms with Crippen LogP contribution in [0.1, 0.15) is 38.3 Å². The minimum Gasteiger partial charge on any atom is -0.376 e. The minimum atomic E-state index is -0.170. The summed E-state index contributed by atoms with van der Waals surface area (Å²) in [6, 6.07) is 6.41. The van der Waals surface area contributed by atoms with E-state index in [1.165, 1.54) is 30.4 Å². The Kier molecular flexibility index (Phi) is 3.60. The Bertz CT molecular complexity index is 446. The first-order valence-electron chi connectivity index (χ1n) is 6.61. The van der Waals surface area contributed by atoms with Crippen molar-refractivity contribution in [2.75, 3.05) is 11.9 Å². The van der Waals surface area contributed by atoms with E-state index in [9.17, 15) is 4.79 Å². The molecule has 18 heavy (non-hydrogen) atoms. The SMILES string of the molecule is CC(C)(C)NC(=O)CNc1ccc2c(c1)CCC2. The average Bonchev–Trinajstić information content (AvgIpc) is 2.71. The summed E-state index contributed by atoms with van der Waals surface area (Å²) in [6.07, 6.45) is 3.61. The van der Waals surface area contributed by atoms with Crippen molar-refractivity contribution in [3.63, 3.8) is 0 Å². The standard InChI is InChI=1S/C15H22N2O/c1-15(2,3)17-14(18)10-16-13-8-7-11-5-4-6-12(11)9-13/h7-9,16H,4-6,10H2,1-3H3,(H,17,18). The molecule has 1 amide bonds. The molecule has 0 saturated heterocycles. The quantitative estimate of drug-likeness (QED) is 0.860. The molecular formula is C15H22N2O. The van der Waals surface area contributed by atoms with Crippen molar-refractivity contribution in [2.45, 2.75) is 45.6 Å². The molecule has 0 radical (unpaired) electrons. The van der Waals surface area contributed by atoms with Crippen molar-refractivity contribution in [2.24, 2.45) is 0 Å². The van der Waals surface area contributed by atoms with Crippen LogP contribution in [-0.4, -0.2) is 18.0 Å². The highest BCUT2D eigenvalue weighted by Crippen LogP contribution is 2.24. The third-order valence-corrected chi connectivity index (χ3v) is 3.07. The summed E-state index contributed by atoms with van der Waals surface area (Å²) in [4.78, 5) is 11.7. The molecule has 0 bridgehead atoms. The van der Waals surface area contributed by atoms with E-state index >= 15 is 0 Å². The second kappa shape index (κ2) is 5.01. The van der Waals surface area contributed by atoms with Crippen molar-refractivity contribution in [3.8, 4) is 0 Å². The second-order valence-corrected chi connectivity index (χ2v) is 5.99. The number of anilines is 1. The molecular weight excluding hydrogens is 224 g/mol. The van der Waals surface area contributed by atoms with E-state index < -0.39 is 0 Å². The van der Waals surface area contributed by atoms with Gasteiger partial charge in [-0.05, 0) is 63.3 Å². The number of aryl methyl sites for hydroxylation is 2. The van der Waals surface area contributed by atoms with Gasteiger partial charge in [0.25, 0.3) is 0 Å². The fraction of sp³-hybridized carbons (Fsp3) is 0.533. The van der Waals surface area contributed by atoms with E-state index in [0.29, 0.717) is 6.54 Å². The molecule has 3 heteroatoms. The summed E-state index contributed by atoms with van der Waals surface area (Å²) >= 11 is 0. The van der Waals surface area contributed by atoms with Crippen LogP contribution < -0.4 is 10.6 Å². The van der Waals surface area contributed by atoms with Gasteiger partial charge in [0, 0.05) is 11.2 Å². The van der Waals surface area contributed by atoms with Crippen molar-refractivity contribution in [1.82, 2.24) is 5.32 Å². The molecule has 0 heterocycles. The van der Waals surface area contributed by atoms with E-state index in [-0.39, 0.29) is 11.4 Å². The molecule has 2 rings (SSSR count). The van der Waals surface area contributed by atoms with Gasteiger partial charge in [-0.2, -0.15) is 0 Å². The van der Waals surface area contributed by atoms with Gasteiger partial charge < -0.3 is 10.6 Å². The molecule has 0 aliphatic heterocycles. The van der Waals surface area contributed by atoms with Gasteiger partial charge in [0.1, 0.15) is 0 Å². The largest absolute Gasteiger partial charge is 0.376 e. The molecule has 0 fully saturated rings. The summed E-state index contributed by atoms with van der Waals surface area (Å²) in [5, 5.41) is 6.12. The Labute approximate surface area is 109 Å². The van der Waals surface area contributed by atoms with Crippen molar-refractivity contribution >= 4 is 11.6 Å². The van der Waals surface area contributed by atoms with Gasteiger partial charge >= 0.3 is 0 Å². The Morgan fingerprint density at radius 2 is 1.94 bits per heavy atom. The summed E-state index contributed by atoms with van der Waals surface area (Å²) in [5.74, 6) is 0.0306. The molecule has 0 unspecified atom stereocenters. The number of amides is 1. The highest BCUT2D eigenvalue weighted by atomic mass is 16.2. The molecule has 0 spiro atoms. The maximum atomic E-state index is 11.7. The minimum absolute atomic E-state index is 0.0306. The average molecular weight is 246 g/mol.